The number of halogens is 2. The molecule has 1 atom stereocenters. The molecule has 2 amide bonds. The van der Waals surface area contributed by atoms with Gasteiger partial charge in [-0.25, -0.2) is 14.4 Å². The highest BCUT2D eigenvalue weighted by Crippen LogP contribution is 2.33. The summed E-state index contributed by atoms with van der Waals surface area (Å²) in [6.45, 7) is 1.58. The summed E-state index contributed by atoms with van der Waals surface area (Å²) in [5.74, 6) is -1.16. The van der Waals surface area contributed by atoms with Crippen LogP contribution in [0.15, 0.2) is 55.9 Å². The molecule has 0 saturated carbocycles. The minimum absolute atomic E-state index is 0.169. The maximum Gasteiger partial charge on any atom is 0.348 e. The molecule has 1 aliphatic heterocycles. The molecule has 2 aromatic rings. The Morgan fingerprint density at radius 1 is 1.14 bits per heavy atom. The fourth-order valence-corrected chi connectivity index (χ4v) is 4.66. The third-order valence-electron chi connectivity index (χ3n) is 3.98. The second-order valence-electron chi connectivity index (χ2n) is 5.86. The molecule has 0 saturated heterocycles. The van der Waals surface area contributed by atoms with Crippen molar-refractivity contribution in [2.75, 3.05) is 13.2 Å². The highest BCUT2D eigenvalue weighted by Gasteiger charge is 2.34. The van der Waals surface area contributed by atoms with Crippen molar-refractivity contribution in [3.8, 4) is 0 Å². The van der Waals surface area contributed by atoms with Crippen molar-refractivity contribution >= 4 is 61.2 Å². The van der Waals surface area contributed by atoms with Gasteiger partial charge < -0.3 is 20.1 Å². The minimum atomic E-state index is -0.720. The maximum absolute atomic E-state index is 12.6. The van der Waals surface area contributed by atoms with Crippen molar-refractivity contribution in [1.29, 1.82) is 0 Å². The molecule has 152 valence electrons. The number of carbonyl (C=O) groups is 3. The van der Waals surface area contributed by atoms with Crippen LogP contribution in [0.3, 0.4) is 0 Å². The average Bonchev–Trinajstić information content (AvgIpc) is 3.05. The molecule has 29 heavy (non-hydrogen) atoms. The molecule has 7 nitrogen and oxygen atoms in total. The Balaban J connectivity index is 1.90. The van der Waals surface area contributed by atoms with Crippen LogP contribution in [-0.2, 0) is 14.3 Å². The summed E-state index contributed by atoms with van der Waals surface area (Å²) in [7, 11) is 0. The standard InChI is InChI=1S/C19H16Br2N2O5S/c1-2-27-18(25)14-12(9-28-17(24)13-8-11(20)16(21)29-13)22-19(26)23-15(14)10-6-4-3-5-7-10/h3-8,15H,2,9H2,1H3,(H2,22,23,26). The van der Waals surface area contributed by atoms with Gasteiger partial charge in [0.05, 0.1) is 27.7 Å². The van der Waals surface area contributed by atoms with Gasteiger partial charge in [0.1, 0.15) is 11.5 Å². The number of urea groups is 1. The lowest BCUT2D eigenvalue weighted by molar-refractivity contribution is -0.139. The fraction of sp³-hybridized carbons (Fsp3) is 0.211. The zero-order valence-corrected chi connectivity index (χ0v) is 19.1. The van der Waals surface area contributed by atoms with E-state index in [4.69, 9.17) is 9.47 Å². The van der Waals surface area contributed by atoms with Crippen LogP contribution in [0.1, 0.15) is 28.2 Å². The van der Waals surface area contributed by atoms with Gasteiger partial charge in [0.15, 0.2) is 0 Å². The largest absolute Gasteiger partial charge is 0.463 e. The van der Waals surface area contributed by atoms with Crippen molar-refractivity contribution in [1.82, 2.24) is 10.6 Å². The first kappa shape index (κ1) is 21.5. The maximum atomic E-state index is 12.6. The molecule has 1 unspecified atom stereocenters. The molecule has 0 aliphatic carbocycles. The smallest absolute Gasteiger partial charge is 0.348 e. The normalized spacial score (nSPS) is 16.1. The van der Waals surface area contributed by atoms with E-state index in [0.29, 0.717) is 10.4 Å². The van der Waals surface area contributed by atoms with Crippen molar-refractivity contribution in [3.63, 3.8) is 0 Å². The van der Waals surface area contributed by atoms with Crippen LogP contribution in [0.4, 0.5) is 4.79 Å². The molecule has 1 aliphatic rings. The highest BCUT2D eigenvalue weighted by atomic mass is 79.9. The number of hydrogen-bond donors (Lipinski definition) is 2. The third-order valence-corrected chi connectivity index (χ3v) is 7.21. The van der Waals surface area contributed by atoms with E-state index in [-0.39, 0.29) is 24.5 Å². The van der Waals surface area contributed by atoms with Gasteiger partial charge in [0.25, 0.3) is 0 Å². The lowest BCUT2D eigenvalue weighted by atomic mass is 9.95. The molecule has 2 N–H and O–H groups in total. The van der Waals surface area contributed by atoms with Crippen LogP contribution in [0, 0.1) is 0 Å². The molecule has 3 rings (SSSR count). The summed E-state index contributed by atoms with van der Waals surface area (Å²) in [6, 6.07) is 9.43. The zero-order chi connectivity index (χ0) is 21.0. The van der Waals surface area contributed by atoms with Crippen LogP contribution in [0.5, 0.6) is 0 Å². The van der Waals surface area contributed by atoms with Crippen molar-refractivity contribution < 1.29 is 23.9 Å². The van der Waals surface area contributed by atoms with Crippen molar-refractivity contribution in [2.24, 2.45) is 0 Å². The van der Waals surface area contributed by atoms with Crippen LogP contribution < -0.4 is 10.6 Å². The number of hydrogen-bond acceptors (Lipinski definition) is 6. The molecular weight excluding hydrogens is 528 g/mol. The zero-order valence-electron chi connectivity index (χ0n) is 15.2. The van der Waals surface area contributed by atoms with Gasteiger partial charge >= 0.3 is 18.0 Å². The van der Waals surface area contributed by atoms with E-state index in [1.807, 2.05) is 6.07 Å². The Hall–Kier alpha value is -2.17. The van der Waals surface area contributed by atoms with Crippen molar-refractivity contribution in [2.45, 2.75) is 13.0 Å². The Bertz CT molecular complexity index is 955. The molecule has 1 aromatic carbocycles. The van der Waals surface area contributed by atoms with Gasteiger partial charge in [0.2, 0.25) is 0 Å². The lowest BCUT2D eigenvalue weighted by Gasteiger charge is -2.29. The molecule has 0 bridgehead atoms. The van der Waals surface area contributed by atoms with Crippen LogP contribution >= 0.6 is 43.2 Å². The van der Waals surface area contributed by atoms with E-state index < -0.39 is 24.0 Å². The number of esters is 2. The summed E-state index contributed by atoms with van der Waals surface area (Å²) in [6.07, 6.45) is 0. The van der Waals surface area contributed by atoms with Crippen LogP contribution in [0.25, 0.3) is 0 Å². The number of rotatable bonds is 6. The van der Waals surface area contributed by atoms with E-state index in [9.17, 15) is 14.4 Å². The second kappa shape index (κ2) is 9.55. The fourth-order valence-electron chi connectivity index (χ4n) is 2.73. The summed E-state index contributed by atoms with van der Waals surface area (Å²) in [5, 5.41) is 5.29. The summed E-state index contributed by atoms with van der Waals surface area (Å²) >= 11 is 7.86. The lowest BCUT2D eigenvalue weighted by Crippen LogP contribution is -2.47. The van der Waals surface area contributed by atoms with Gasteiger partial charge in [0, 0.05) is 4.47 Å². The van der Waals surface area contributed by atoms with Crippen LogP contribution in [0.2, 0.25) is 0 Å². The summed E-state index contributed by atoms with van der Waals surface area (Å²) in [4.78, 5) is 37.6. The van der Waals surface area contributed by atoms with Gasteiger partial charge in [-0.05, 0) is 50.4 Å². The van der Waals surface area contributed by atoms with E-state index in [0.717, 1.165) is 8.26 Å². The average molecular weight is 544 g/mol. The van der Waals surface area contributed by atoms with E-state index in [2.05, 4.69) is 42.5 Å². The Morgan fingerprint density at radius 2 is 1.86 bits per heavy atom. The monoisotopic (exact) mass is 542 g/mol. The van der Waals surface area contributed by atoms with E-state index in [1.165, 1.54) is 11.3 Å². The first-order valence-electron chi connectivity index (χ1n) is 8.55. The summed E-state index contributed by atoms with van der Waals surface area (Å²) in [5.41, 5.74) is 1.09. The molecular formula is C19H16Br2N2O5S. The molecule has 10 heteroatoms. The minimum Gasteiger partial charge on any atom is -0.463 e. The second-order valence-corrected chi connectivity index (χ2v) is 9.09. The molecule has 1 aromatic heterocycles. The van der Waals surface area contributed by atoms with Crippen LogP contribution in [-0.4, -0.2) is 31.2 Å². The van der Waals surface area contributed by atoms with E-state index >= 15 is 0 Å². The topological polar surface area (TPSA) is 93.7 Å². The molecule has 0 spiro atoms. The number of amides is 2. The highest BCUT2D eigenvalue weighted by molar-refractivity contribution is 9.13. The quantitative estimate of drug-likeness (QED) is 0.530. The van der Waals surface area contributed by atoms with Gasteiger partial charge in [-0.3, -0.25) is 0 Å². The predicted molar refractivity (Wildman–Crippen MR) is 115 cm³/mol. The molecule has 0 fully saturated rings. The number of thiophene rings is 1. The Kier molecular flexibility index (Phi) is 7.09. The van der Waals surface area contributed by atoms with Gasteiger partial charge in [-0.1, -0.05) is 30.3 Å². The molecule has 2 heterocycles. The number of carbonyl (C=O) groups excluding carboxylic acids is 3. The van der Waals surface area contributed by atoms with Gasteiger partial charge in [-0.15, -0.1) is 11.3 Å². The summed E-state index contributed by atoms with van der Waals surface area (Å²) < 4.78 is 12.0. The predicted octanol–water partition coefficient (Wildman–Crippen LogP) is 4.30. The Labute approximate surface area is 187 Å². The first-order chi connectivity index (χ1) is 13.9. The number of benzene rings is 1. The van der Waals surface area contributed by atoms with Crippen molar-refractivity contribution in [3.05, 3.63) is 66.4 Å². The first-order valence-corrected chi connectivity index (χ1v) is 11.0. The number of nitrogens with one attached hydrogen (secondary N) is 2. The Morgan fingerprint density at radius 3 is 2.48 bits per heavy atom. The van der Waals surface area contributed by atoms with E-state index in [1.54, 1.807) is 37.3 Å². The number of ether oxygens (including phenoxy) is 2. The molecule has 0 radical (unpaired) electrons. The third kappa shape index (κ3) is 5.06. The van der Waals surface area contributed by atoms with Gasteiger partial charge in [-0.2, -0.15) is 0 Å². The SMILES string of the molecule is CCOC(=O)C1=C(COC(=O)c2cc(Br)c(Br)s2)NC(=O)NC1c1ccccc1.